The molecule has 0 aliphatic carbocycles. The van der Waals surface area contributed by atoms with Gasteiger partial charge in [0.2, 0.25) is 5.43 Å². The summed E-state index contributed by atoms with van der Waals surface area (Å²) in [6.45, 7) is 5.85. The Balaban J connectivity index is 1.86. The molecule has 4 heteroatoms. The van der Waals surface area contributed by atoms with Gasteiger partial charge in [-0.15, -0.1) is 0 Å². The number of nitrogens with one attached hydrogen (secondary N) is 1. The zero-order valence-electron chi connectivity index (χ0n) is 15.9. The summed E-state index contributed by atoms with van der Waals surface area (Å²) >= 11 is 0. The molecule has 0 saturated carbocycles. The van der Waals surface area contributed by atoms with E-state index in [4.69, 9.17) is 4.42 Å². The first kappa shape index (κ1) is 17.8. The van der Waals surface area contributed by atoms with Gasteiger partial charge in [-0.05, 0) is 50.8 Å². The van der Waals surface area contributed by atoms with Crippen molar-refractivity contribution in [3.05, 3.63) is 64.0 Å². The first-order valence-corrected chi connectivity index (χ1v) is 9.74. The van der Waals surface area contributed by atoms with E-state index in [9.17, 15) is 9.90 Å². The Hall–Kier alpha value is -2.59. The molecule has 1 fully saturated rings. The third-order valence-corrected chi connectivity index (χ3v) is 5.86. The molecule has 1 unspecified atom stereocenters. The van der Waals surface area contributed by atoms with E-state index in [-0.39, 0.29) is 11.2 Å². The number of fused-ring (bicyclic) bond motifs is 1. The van der Waals surface area contributed by atoms with Crippen LogP contribution in [0.2, 0.25) is 0 Å². The van der Waals surface area contributed by atoms with Crippen molar-refractivity contribution in [2.45, 2.75) is 45.7 Å². The Morgan fingerprint density at radius 3 is 2.67 bits per heavy atom. The van der Waals surface area contributed by atoms with Crippen LogP contribution in [-0.2, 0) is 6.54 Å². The minimum atomic E-state index is -0.0390. The molecule has 27 heavy (non-hydrogen) atoms. The molecule has 4 nitrogen and oxygen atoms in total. The van der Waals surface area contributed by atoms with Crippen LogP contribution in [0.4, 0.5) is 0 Å². The number of phenolic OH excluding ortho intramolecular Hbond substituents is 1. The average molecular weight is 364 g/mol. The maximum atomic E-state index is 13.2. The zero-order chi connectivity index (χ0) is 19.0. The van der Waals surface area contributed by atoms with Crippen LogP contribution in [-0.4, -0.2) is 17.7 Å². The van der Waals surface area contributed by atoms with Crippen LogP contribution in [0.1, 0.15) is 37.5 Å². The third-order valence-electron chi connectivity index (χ3n) is 5.86. The number of benzene rings is 2. The summed E-state index contributed by atoms with van der Waals surface area (Å²) in [5, 5.41) is 11.1. The van der Waals surface area contributed by atoms with E-state index in [0.717, 1.165) is 17.7 Å². The standard InChI is InChI=1S/C23H25NO3/c1-15-8-6-7-13-24(15)14-19-20(25)12-11-18-22(26)21(16(2)27-23(18)19)17-9-4-3-5-10-17/h3-5,9-12,15,25H,6-8,13-14H2,1-2H3/p+1/t15-/m0/s1. The van der Waals surface area contributed by atoms with Crippen LogP contribution in [0.3, 0.4) is 0 Å². The first-order chi connectivity index (χ1) is 13.1. The van der Waals surface area contributed by atoms with Crippen LogP contribution < -0.4 is 10.3 Å². The van der Waals surface area contributed by atoms with Crippen LogP contribution >= 0.6 is 0 Å². The Morgan fingerprint density at radius 2 is 1.93 bits per heavy atom. The fourth-order valence-electron chi connectivity index (χ4n) is 4.26. The smallest absolute Gasteiger partial charge is 0.200 e. The molecule has 2 atom stereocenters. The van der Waals surface area contributed by atoms with Crippen molar-refractivity contribution in [1.29, 1.82) is 0 Å². The van der Waals surface area contributed by atoms with Crippen molar-refractivity contribution < 1.29 is 14.4 Å². The SMILES string of the molecule is Cc1oc2c(C[NH+]3CCCC[C@@H]3C)c(O)ccc2c(=O)c1-c1ccccc1. The van der Waals surface area contributed by atoms with Gasteiger partial charge >= 0.3 is 0 Å². The molecule has 2 heterocycles. The van der Waals surface area contributed by atoms with E-state index >= 15 is 0 Å². The van der Waals surface area contributed by atoms with Gasteiger partial charge in [0.25, 0.3) is 0 Å². The summed E-state index contributed by atoms with van der Waals surface area (Å²) in [7, 11) is 0. The van der Waals surface area contributed by atoms with Gasteiger partial charge < -0.3 is 14.4 Å². The van der Waals surface area contributed by atoms with E-state index in [1.807, 2.05) is 37.3 Å². The van der Waals surface area contributed by atoms with E-state index in [1.165, 1.54) is 24.2 Å². The van der Waals surface area contributed by atoms with Crippen molar-refractivity contribution in [3.8, 4) is 16.9 Å². The molecular weight excluding hydrogens is 338 g/mol. The number of quaternary nitrogens is 1. The van der Waals surface area contributed by atoms with Crippen molar-refractivity contribution in [2.24, 2.45) is 0 Å². The van der Waals surface area contributed by atoms with E-state index in [0.29, 0.717) is 34.9 Å². The Morgan fingerprint density at radius 1 is 1.15 bits per heavy atom. The molecule has 0 spiro atoms. The van der Waals surface area contributed by atoms with Crippen LogP contribution in [0, 0.1) is 6.92 Å². The van der Waals surface area contributed by atoms with Gasteiger partial charge in [0.15, 0.2) is 5.58 Å². The minimum absolute atomic E-state index is 0.0390. The summed E-state index contributed by atoms with van der Waals surface area (Å²) in [4.78, 5) is 14.7. The molecule has 1 saturated heterocycles. The normalized spacial score (nSPS) is 20.1. The second kappa shape index (κ2) is 7.20. The lowest BCUT2D eigenvalue weighted by Gasteiger charge is -2.30. The topological polar surface area (TPSA) is 54.9 Å². The predicted octanol–water partition coefficient (Wildman–Crippen LogP) is 3.43. The number of piperidine rings is 1. The second-order valence-electron chi connectivity index (χ2n) is 7.65. The highest BCUT2D eigenvalue weighted by Gasteiger charge is 2.26. The highest BCUT2D eigenvalue weighted by Crippen LogP contribution is 2.30. The van der Waals surface area contributed by atoms with Gasteiger partial charge in [0, 0.05) is 0 Å². The largest absolute Gasteiger partial charge is 0.507 e. The molecule has 1 aliphatic heterocycles. The van der Waals surface area contributed by atoms with E-state index in [1.54, 1.807) is 12.1 Å². The van der Waals surface area contributed by atoms with Gasteiger partial charge in [-0.1, -0.05) is 30.3 Å². The molecule has 4 rings (SSSR count). The maximum Gasteiger partial charge on any atom is 0.200 e. The highest BCUT2D eigenvalue weighted by molar-refractivity contribution is 5.86. The molecule has 140 valence electrons. The fourth-order valence-corrected chi connectivity index (χ4v) is 4.26. The van der Waals surface area contributed by atoms with Gasteiger partial charge in [-0.25, -0.2) is 0 Å². The van der Waals surface area contributed by atoms with Gasteiger partial charge in [0.05, 0.1) is 29.1 Å². The highest BCUT2D eigenvalue weighted by atomic mass is 16.3. The second-order valence-corrected chi connectivity index (χ2v) is 7.65. The van der Waals surface area contributed by atoms with E-state index in [2.05, 4.69) is 6.92 Å². The molecule has 2 aromatic carbocycles. The summed E-state index contributed by atoms with van der Waals surface area (Å²) in [6.07, 6.45) is 3.66. The lowest BCUT2D eigenvalue weighted by atomic mass is 9.99. The number of rotatable bonds is 3. The molecule has 0 radical (unpaired) electrons. The molecule has 0 bridgehead atoms. The minimum Gasteiger partial charge on any atom is -0.507 e. The van der Waals surface area contributed by atoms with Crippen LogP contribution in [0.25, 0.3) is 22.1 Å². The van der Waals surface area contributed by atoms with Crippen molar-refractivity contribution in [3.63, 3.8) is 0 Å². The fraction of sp³-hybridized carbons (Fsp3) is 0.348. The number of hydrogen-bond donors (Lipinski definition) is 2. The molecule has 1 aromatic heterocycles. The molecular formula is C23H26NO3+. The Bertz CT molecular complexity index is 1020. The molecule has 0 amide bonds. The Labute approximate surface area is 159 Å². The Kier molecular flexibility index (Phi) is 4.75. The maximum absolute atomic E-state index is 13.2. The summed E-state index contributed by atoms with van der Waals surface area (Å²) in [5.41, 5.74) is 2.69. The van der Waals surface area contributed by atoms with Crippen LogP contribution in [0.5, 0.6) is 5.75 Å². The lowest BCUT2D eigenvalue weighted by molar-refractivity contribution is -0.941. The number of aryl methyl sites for hydroxylation is 1. The number of phenols is 1. The number of hydrogen-bond acceptors (Lipinski definition) is 3. The molecule has 1 aliphatic rings. The monoisotopic (exact) mass is 364 g/mol. The summed E-state index contributed by atoms with van der Waals surface area (Å²) in [5.74, 6) is 0.801. The van der Waals surface area contributed by atoms with Crippen molar-refractivity contribution in [1.82, 2.24) is 0 Å². The third kappa shape index (κ3) is 3.26. The number of aromatic hydroxyl groups is 1. The van der Waals surface area contributed by atoms with Crippen LogP contribution in [0.15, 0.2) is 51.7 Å². The number of likely N-dealkylation sites (tertiary alicyclic amines) is 1. The quantitative estimate of drug-likeness (QED) is 0.749. The summed E-state index contributed by atoms with van der Waals surface area (Å²) in [6, 6.07) is 13.5. The average Bonchev–Trinajstić information content (AvgIpc) is 2.66. The van der Waals surface area contributed by atoms with Crippen molar-refractivity contribution >= 4 is 11.0 Å². The molecule has 2 N–H and O–H groups in total. The lowest BCUT2D eigenvalue weighted by Crippen LogP contribution is -3.14. The summed E-state index contributed by atoms with van der Waals surface area (Å²) < 4.78 is 6.14. The predicted molar refractivity (Wildman–Crippen MR) is 107 cm³/mol. The zero-order valence-corrected chi connectivity index (χ0v) is 15.9. The van der Waals surface area contributed by atoms with Gasteiger partial charge in [-0.2, -0.15) is 0 Å². The molecule has 3 aromatic rings. The van der Waals surface area contributed by atoms with E-state index < -0.39 is 0 Å². The first-order valence-electron chi connectivity index (χ1n) is 9.74. The van der Waals surface area contributed by atoms with Gasteiger partial charge in [-0.3, -0.25) is 4.79 Å². The van der Waals surface area contributed by atoms with Crippen molar-refractivity contribution in [2.75, 3.05) is 6.54 Å². The van der Waals surface area contributed by atoms with Gasteiger partial charge in [0.1, 0.15) is 18.1 Å².